The van der Waals surface area contributed by atoms with Crippen molar-refractivity contribution in [3.63, 3.8) is 0 Å². The van der Waals surface area contributed by atoms with Crippen LogP contribution in [0.15, 0.2) is 82.2 Å². The Labute approximate surface area is 250 Å². The molecule has 9 nitrogen and oxygen atoms in total. The van der Waals surface area contributed by atoms with Gasteiger partial charge in [0, 0.05) is 23.6 Å². The molecule has 1 unspecified atom stereocenters. The van der Waals surface area contributed by atoms with Gasteiger partial charge in [0.25, 0.3) is 10.0 Å². The van der Waals surface area contributed by atoms with E-state index < -0.39 is 28.5 Å². The van der Waals surface area contributed by atoms with Gasteiger partial charge in [-0.3, -0.25) is 13.9 Å². The lowest BCUT2D eigenvalue weighted by molar-refractivity contribution is -0.139. The second-order valence-electron chi connectivity index (χ2n) is 9.33. The predicted octanol–water partition coefficient (Wildman–Crippen LogP) is 5.00. The monoisotopic (exact) mass is 645 g/mol. The molecule has 11 heteroatoms. The Hall–Kier alpha value is -3.57. The topological polar surface area (TPSA) is 105 Å². The molecule has 3 aromatic rings. The SMILES string of the molecule is CCCCNC(=O)C(C)N(Cc1ccc(Br)cc1)C(=O)CN(c1ccccc1)S(=O)(=O)c1ccc(OC)c(OC)c1. The summed E-state index contributed by atoms with van der Waals surface area (Å²) in [6.45, 7) is 3.75. The van der Waals surface area contributed by atoms with Gasteiger partial charge in [-0.1, -0.05) is 59.6 Å². The van der Waals surface area contributed by atoms with E-state index in [4.69, 9.17) is 9.47 Å². The molecule has 0 bridgehead atoms. The van der Waals surface area contributed by atoms with Crippen LogP contribution in [0.2, 0.25) is 0 Å². The number of nitrogens with zero attached hydrogens (tertiary/aromatic N) is 2. The molecule has 0 heterocycles. The molecule has 0 fully saturated rings. The number of unbranched alkanes of at least 4 members (excludes halogenated alkanes) is 1. The summed E-state index contributed by atoms with van der Waals surface area (Å²) in [5.74, 6) is -0.226. The highest BCUT2D eigenvalue weighted by Gasteiger charge is 2.33. The normalized spacial score (nSPS) is 11.8. The van der Waals surface area contributed by atoms with E-state index in [2.05, 4.69) is 21.2 Å². The Morgan fingerprint density at radius 2 is 1.61 bits per heavy atom. The predicted molar refractivity (Wildman–Crippen MR) is 163 cm³/mol. The molecule has 0 saturated heterocycles. The number of carbonyl (C=O) groups excluding carboxylic acids is 2. The van der Waals surface area contributed by atoms with Crippen LogP contribution in [0.5, 0.6) is 11.5 Å². The molecule has 3 aromatic carbocycles. The Balaban J connectivity index is 2.01. The third-order valence-electron chi connectivity index (χ3n) is 6.53. The van der Waals surface area contributed by atoms with E-state index in [1.807, 2.05) is 31.2 Å². The van der Waals surface area contributed by atoms with Gasteiger partial charge < -0.3 is 19.7 Å². The molecule has 0 aliphatic carbocycles. The van der Waals surface area contributed by atoms with Crippen LogP contribution in [0.1, 0.15) is 32.3 Å². The zero-order valence-corrected chi connectivity index (χ0v) is 26.1. The number of sulfonamides is 1. The van der Waals surface area contributed by atoms with Gasteiger partial charge >= 0.3 is 0 Å². The first-order valence-electron chi connectivity index (χ1n) is 13.2. The van der Waals surface area contributed by atoms with Crippen LogP contribution >= 0.6 is 15.9 Å². The third kappa shape index (κ3) is 8.23. The van der Waals surface area contributed by atoms with Crippen molar-refractivity contribution in [3.8, 4) is 11.5 Å². The molecule has 0 aliphatic heterocycles. The zero-order valence-electron chi connectivity index (χ0n) is 23.7. The fraction of sp³-hybridized carbons (Fsp3) is 0.333. The number of carbonyl (C=O) groups is 2. The third-order valence-corrected chi connectivity index (χ3v) is 8.83. The fourth-order valence-electron chi connectivity index (χ4n) is 4.13. The number of amides is 2. The maximum Gasteiger partial charge on any atom is 0.264 e. The molecule has 1 atom stereocenters. The van der Waals surface area contributed by atoms with Gasteiger partial charge in [-0.25, -0.2) is 8.42 Å². The number of rotatable bonds is 14. The van der Waals surface area contributed by atoms with E-state index in [0.717, 1.165) is 27.2 Å². The van der Waals surface area contributed by atoms with Crippen LogP contribution in [0.4, 0.5) is 5.69 Å². The molecule has 0 spiro atoms. The Morgan fingerprint density at radius 1 is 0.951 bits per heavy atom. The Kier molecular flexibility index (Phi) is 11.6. The van der Waals surface area contributed by atoms with E-state index in [0.29, 0.717) is 18.0 Å². The van der Waals surface area contributed by atoms with Crippen LogP contribution in [-0.4, -0.2) is 58.5 Å². The smallest absolute Gasteiger partial charge is 0.264 e. The van der Waals surface area contributed by atoms with E-state index in [-0.39, 0.29) is 23.1 Å². The van der Waals surface area contributed by atoms with Crippen LogP contribution < -0.4 is 19.1 Å². The van der Waals surface area contributed by atoms with Crippen LogP contribution in [0.25, 0.3) is 0 Å². The minimum Gasteiger partial charge on any atom is -0.493 e. The van der Waals surface area contributed by atoms with Crippen molar-refractivity contribution in [1.82, 2.24) is 10.2 Å². The van der Waals surface area contributed by atoms with E-state index in [1.165, 1.54) is 37.3 Å². The van der Waals surface area contributed by atoms with Gasteiger partial charge in [-0.2, -0.15) is 0 Å². The second-order valence-corrected chi connectivity index (χ2v) is 12.1. The molecular formula is C30H36BrN3O6S. The summed E-state index contributed by atoms with van der Waals surface area (Å²) in [7, 11) is -1.36. The van der Waals surface area contributed by atoms with Crippen molar-refractivity contribution in [2.75, 3.05) is 31.6 Å². The van der Waals surface area contributed by atoms with Crippen molar-refractivity contribution in [3.05, 3.63) is 82.8 Å². The minimum atomic E-state index is -4.24. The molecule has 0 aromatic heterocycles. The highest BCUT2D eigenvalue weighted by atomic mass is 79.9. The number of hydrogen-bond acceptors (Lipinski definition) is 6. The largest absolute Gasteiger partial charge is 0.493 e. The second kappa shape index (κ2) is 14.9. The maximum atomic E-state index is 14.0. The first-order valence-corrected chi connectivity index (χ1v) is 15.5. The number of methoxy groups -OCH3 is 2. The van der Waals surface area contributed by atoms with Crippen molar-refractivity contribution < 1.29 is 27.5 Å². The summed E-state index contributed by atoms with van der Waals surface area (Å²) in [4.78, 5) is 28.3. The van der Waals surface area contributed by atoms with Gasteiger partial charge in [0.1, 0.15) is 12.6 Å². The molecule has 220 valence electrons. The lowest BCUT2D eigenvalue weighted by Gasteiger charge is -2.32. The van der Waals surface area contributed by atoms with Crippen LogP contribution in [0.3, 0.4) is 0 Å². The van der Waals surface area contributed by atoms with Crippen molar-refractivity contribution in [2.24, 2.45) is 0 Å². The number of hydrogen-bond donors (Lipinski definition) is 1. The first-order chi connectivity index (χ1) is 19.6. The van der Waals surface area contributed by atoms with Gasteiger partial charge in [0.05, 0.1) is 24.8 Å². The van der Waals surface area contributed by atoms with Crippen molar-refractivity contribution >= 4 is 43.5 Å². The first kappa shape index (κ1) is 32.0. The number of ether oxygens (including phenoxy) is 2. The summed E-state index contributed by atoms with van der Waals surface area (Å²) < 4.78 is 40.5. The van der Waals surface area contributed by atoms with E-state index in [9.17, 15) is 18.0 Å². The van der Waals surface area contributed by atoms with Gasteiger partial charge in [0.2, 0.25) is 11.8 Å². The number of benzene rings is 3. The highest BCUT2D eigenvalue weighted by molar-refractivity contribution is 9.10. The molecule has 0 saturated carbocycles. The fourth-order valence-corrected chi connectivity index (χ4v) is 5.83. The molecule has 0 aliphatic rings. The number of para-hydroxylation sites is 1. The lowest BCUT2D eigenvalue weighted by atomic mass is 10.1. The van der Waals surface area contributed by atoms with Crippen molar-refractivity contribution in [1.29, 1.82) is 0 Å². The molecule has 41 heavy (non-hydrogen) atoms. The molecular weight excluding hydrogens is 610 g/mol. The van der Waals surface area contributed by atoms with Crippen LogP contribution in [0, 0.1) is 0 Å². The van der Waals surface area contributed by atoms with E-state index in [1.54, 1.807) is 37.3 Å². The average molecular weight is 647 g/mol. The summed E-state index contributed by atoms with van der Waals surface area (Å²) in [5.41, 5.74) is 1.10. The number of halogens is 1. The van der Waals surface area contributed by atoms with E-state index >= 15 is 0 Å². The molecule has 0 radical (unpaired) electrons. The zero-order chi connectivity index (χ0) is 30.0. The van der Waals surface area contributed by atoms with Crippen LogP contribution in [-0.2, 0) is 26.2 Å². The number of nitrogens with one attached hydrogen (secondary N) is 1. The summed E-state index contributed by atoms with van der Waals surface area (Å²) >= 11 is 3.42. The summed E-state index contributed by atoms with van der Waals surface area (Å²) in [5, 5.41) is 2.88. The van der Waals surface area contributed by atoms with Crippen molar-refractivity contribution in [2.45, 2.75) is 44.2 Å². The van der Waals surface area contributed by atoms with Gasteiger partial charge in [-0.05, 0) is 55.3 Å². The molecule has 2 amide bonds. The van der Waals surface area contributed by atoms with Gasteiger partial charge in [-0.15, -0.1) is 0 Å². The Bertz CT molecular complexity index is 1420. The molecule has 1 N–H and O–H groups in total. The standard InChI is InChI=1S/C30H36BrN3O6S/c1-5-6-18-32-30(36)22(2)33(20-23-12-14-24(31)15-13-23)29(35)21-34(25-10-8-7-9-11-25)41(37,38)26-16-17-27(39-3)28(19-26)40-4/h7-17,19,22H,5-6,18,20-21H2,1-4H3,(H,32,36). The Morgan fingerprint density at radius 3 is 2.22 bits per heavy atom. The summed E-state index contributed by atoms with van der Waals surface area (Å²) in [6.07, 6.45) is 1.72. The van der Waals surface area contributed by atoms with Gasteiger partial charge in [0.15, 0.2) is 11.5 Å². The maximum absolute atomic E-state index is 14.0. The quantitative estimate of drug-likeness (QED) is 0.248. The summed E-state index contributed by atoms with van der Waals surface area (Å²) in [6, 6.07) is 19.2. The highest BCUT2D eigenvalue weighted by Crippen LogP contribution is 2.32. The average Bonchev–Trinajstić information content (AvgIpc) is 2.99. The lowest BCUT2D eigenvalue weighted by Crippen LogP contribution is -2.51. The molecule has 3 rings (SSSR count). The minimum absolute atomic E-state index is 0.0726. The number of anilines is 1.